The van der Waals surface area contributed by atoms with Crippen molar-refractivity contribution in [3.63, 3.8) is 0 Å². The fourth-order valence-corrected chi connectivity index (χ4v) is 2.83. The van der Waals surface area contributed by atoms with E-state index in [1.165, 1.54) is 44.2 Å². The summed E-state index contributed by atoms with van der Waals surface area (Å²) in [6.45, 7) is 2.69. The molecule has 0 aromatic carbocycles. The third-order valence-corrected chi connectivity index (χ3v) is 4.85. The number of thiophene rings is 1. The van der Waals surface area contributed by atoms with Gasteiger partial charge in [-0.25, -0.2) is 4.79 Å². The van der Waals surface area contributed by atoms with Gasteiger partial charge in [0.05, 0.1) is 15.2 Å². The van der Waals surface area contributed by atoms with Crippen molar-refractivity contribution in [1.29, 1.82) is 0 Å². The topological polar surface area (TPSA) is 77.9 Å². The predicted molar refractivity (Wildman–Crippen MR) is 83.5 cm³/mol. The number of likely N-dealkylation sites (N-methyl/N-ethyl adjacent to an activating group) is 2. The standard InChI is InChI=1S/C13H17BrN2O4S/c1-13(2,12(19)20)16(4)10(17)7-15(3)11(18)8-5-6-9(14)21-8/h5-6H,7H2,1-4H3,(H,19,20). The summed E-state index contributed by atoms with van der Waals surface area (Å²) >= 11 is 4.55. The third kappa shape index (κ3) is 4.04. The lowest BCUT2D eigenvalue weighted by atomic mass is 10.0. The van der Waals surface area contributed by atoms with E-state index in [0.29, 0.717) is 4.88 Å². The molecule has 0 aliphatic heterocycles. The summed E-state index contributed by atoms with van der Waals surface area (Å²) < 4.78 is 0.828. The van der Waals surface area contributed by atoms with Gasteiger partial charge in [0.2, 0.25) is 5.91 Å². The summed E-state index contributed by atoms with van der Waals surface area (Å²) in [6.07, 6.45) is 0. The third-order valence-electron chi connectivity index (χ3n) is 3.24. The molecule has 0 saturated heterocycles. The first kappa shape index (κ1) is 17.6. The van der Waals surface area contributed by atoms with E-state index in [4.69, 9.17) is 5.11 Å². The normalized spacial score (nSPS) is 11.1. The molecule has 0 unspecified atom stereocenters. The Morgan fingerprint density at radius 1 is 1.29 bits per heavy atom. The van der Waals surface area contributed by atoms with Crippen LogP contribution in [0.25, 0.3) is 0 Å². The maximum Gasteiger partial charge on any atom is 0.329 e. The van der Waals surface area contributed by atoms with Crippen LogP contribution in [-0.2, 0) is 9.59 Å². The maximum absolute atomic E-state index is 12.1. The molecular weight excluding hydrogens is 360 g/mol. The van der Waals surface area contributed by atoms with Gasteiger partial charge in [-0.3, -0.25) is 9.59 Å². The highest BCUT2D eigenvalue weighted by atomic mass is 79.9. The number of nitrogens with zero attached hydrogens (tertiary/aromatic N) is 2. The number of carbonyl (C=O) groups is 3. The molecule has 21 heavy (non-hydrogen) atoms. The minimum absolute atomic E-state index is 0.179. The SMILES string of the molecule is CN(CC(=O)N(C)C(C)(C)C(=O)O)C(=O)c1ccc(Br)s1. The van der Waals surface area contributed by atoms with Crippen molar-refractivity contribution >= 4 is 45.1 Å². The predicted octanol–water partition coefficient (Wildman–Crippen LogP) is 1.90. The Morgan fingerprint density at radius 3 is 2.29 bits per heavy atom. The van der Waals surface area contributed by atoms with Crippen LogP contribution in [0.3, 0.4) is 0 Å². The van der Waals surface area contributed by atoms with E-state index in [0.717, 1.165) is 8.69 Å². The Hall–Kier alpha value is -1.41. The number of hydrogen-bond donors (Lipinski definition) is 1. The summed E-state index contributed by atoms with van der Waals surface area (Å²) in [4.78, 5) is 38.3. The highest BCUT2D eigenvalue weighted by molar-refractivity contribution is 9.11. The zero-order valence-corrected chi connectivity index (χ0v) is 14.6. The summed E-state index contributed by atoms with van der Waals surface area (Å²) in [5.41, 5.74) is -1.33. The molecule has 116 valence electrons. The molecule has 0 aliphatic rings. The number of amides is 2. The molecule has 1 heterocycles. The van der Waals surface area contributed by atoms with Crippen molar-refractivity contribution in [3.05, 3.63) is 20.8 Å². The van der Waals surface area contributed by atoms with Crippen molar-refractivity contribution in [1.82, 2.24) is 9.80 Å². The number of halogens is 1. The van der Waals surface area contributed by atoms with Crippen LogP contribution < -0.4 is 0 Å². The number of aliphatic carboxylic acids is 1. The van der Waals surface area contributed by atoms with E-state index in [1.807, 2.05) is 0 Å². The Morgan fingerprint density at radius 2 is 1.86 bits per heavy atom. The van der Waals surface area contributed by atoms with E-state index < -0.39 is 17.4 Å². The first-order chi connectivity index (χ1) is 9.57. The van der Waals surface area contributed by atoms with Gasteiger partial charge in [-0.05, 0) is 41.9 Å². The van der Waals surface area contributed by atoms with Crippen molar-refractivity contribution in [2.24, 2.45) is 0 Å². The van der Waals surface area contributed by atoms with Gasteiger partial charge >= 0.3 is 5.97 Å². The van der Waals surface area contributed by atoms with Gasteiger partial charge in [0.25, 0.3) is 5.91 Å². The molecular formula is C13H17BrN2O4S. The van der Waals surface area contributed by atoms with E-state index in [9.17, 15) is 14.4 Å². The summed E-state index contributed by atoms with van der Waals surface area (Å²) in [7, 11) is 2.92. The molecule has 0 radical (unpaired) electrons. The quantitative estimate of drug-likeness (QED) is 0.850. The Kier molecular flexibility index (Phi) is 5.52. The smallest absolute Gasteiger partial charge is 0.329 e. The maximum atomic E-state index is 12.1. The van der Waals surface area contributed by atoms with Crippen molar-refractivity contribution < 1.29 is 19.5 Å². The van der Waals surface area contributed by atoms with Gasteiger partial charge in [0.15, 0.2) is 0 Å². The van der Waals surface area contributed by atoms with Crippen LogP contribution in [0, 0.1) is 0 Å². The molecule has 1 rings (SSSR count). The second kappa shape index (κ2) is 6.57. The first-order valence-corrected chi connectivity index (χ1v) is 7.69. The molecule has 0 aliphatic carbocycles. The van der Waals surface area contributed by atoms with Crippen LogP contribution >= 0.6 is 27.3 Å². The number of carboxylic acids is 1. The molecule has 0 spiro atoms. The lowest BCUT2D eigenvalue weighted by molar-refractivity contribution is -0.155. The van der Waals surface area contributed by atoms with Gasteiger partial charge in [-0.15, -0.1) is 11.3 Å². The first-order valence-electron chi connectivity index (χ1n) is 6.08. The van der Waals surface area contributed by atoms with Crippen LogP contribution in [0.5, 0.6) is 0 Å². The second-order valence-corrected chi connectivity index (χ2v) is 7.54. The molecule has 6 nitrogen and oxygen atoms in total. The molecule has 1 aromatic rings. The van der Waals surface area contributed by atoms with Gasteiger partial charge in [0.1, 0.15) is 5.54 Å². The molecule has 0 atom stereocenters. The molecule has 1 aromatic heterocycles. The van der Waals surface area contributed by atoms with Gasteiger partial charge in [-0.1, -0.05) is 0 Å². The Bertz CT molecular complexity index is 570. The fourth-order valence-electron chi connectivity index (χ4n) is 1.45. The average molecular weight is 377 g/mol. The minimum Gasteiger partial charge on any atom is -0.480 e. The number of carboxylic acid groups (broad SMARTS) is 1. The Labute approximate surface area is 135 Å². The highest BCUT2D eigenvalue weighted by Gasteiger charge is 2.35. The summed E-state index contributed by atoms with van der Waals surface area (Å²) in [5, 5.41) is 9.11. The van der Waals surface area contributed by atoms with Gasteiger partial charge in [0, 0.05) is 14.1 Å². The monoisotopic (exact) mass is 376 g/mol. The van der Waals surface area contributed by atoms with Crippen molar-refractivity contribution in [2.45, 2.75) is 19.4 Å². The number of carbonyl (C=O) groups excluding carboxylic acids is 2. The number of hydrogen-bond acceptors (Lipinski definition) is 4. The average Bonchev–Trinajstić information content (AvgIpc) is 2.82. The summed E-state index contributed by atoms with van der Waals surface area (Å²) in [6, 6.07) is 3.43. The molecule has 0 bridgehead atoms. The van der Waals surface area contributed by atoms with Crippen molar-refractivity contribution in [2.75, 3.05) is 20.6 Å². The van der Waals surface area contributed by atoms with Crippen LogP contribution in [-0.4, -0.2) is 58.9 Å². The number of rotatable bonds is 5. The molecule has 8 heteroatoms. The molecule has 0 saturated carbocycles. The lowest BCUT2D eigenvalue weighted by Crippen LogP contribution is -2.53. The highest BCUT2D eigenvalue weighted by Crippen LogP contribution is 2.23. The zero-order chi connectivity index (χ0) is 16.4. The van der Waals surface area contributed by atoms with Gasteiger partial charge in [-0.2, -0.15) is 0 Å². The van der Waals surface area contributed by atoms with Crippen LogP contribution in [0.4, 0.5) is 0 Å². The van der Waals surface area contributed by atoms with E-state index >= 15 is 0 Å². The van der Waals surface area contributed by atoms with E-state index in [-0.39, 0.29) is 12.5 Å². The largest absolute Gasteiger partial charge is 0.480 e. The van der Waals surface area contributed by atoms with Gasteiger partial charge < -0.3 is 14.9 Å². The fraction of sp³-hybridized carbons (Fsp3) is 0.462. The zero-order valence-electron chi connectivity index (χ0n) is 12.2. The summed E-state index contributed by atoms with van der Waals surface area (Å²) in [5.74, 6) is -1.82. The van der Waals surface area contributed by atoms with E-state index in [1.54, 1.807) is 12.1 Å². The molecule has 2 amide bonds. The lowest BCUT2D eigenvalue weighted by Gasteiger charge is -2.32. The van der Waals surface area contributed by atoms with Crippen LogP contribution in [0.15, 0.2) is 15.9 Å². The van der Waals surface area contributed by atoms with Crippen LogP contribution in [0.2, 0.25) is 0 Å². The molecule has 0 fully saturated rings. The minimum atomic E-state index is -1.33. The van der Waals surface area contributed by atoms with Crippen molar-refractivity contribution in [3.8, 4) is 0 Å². The second-order valence-electron chi connectivity index (χ2n) is 5.08. The molecule has 1 N–H and O–H groups in total. The van der Waals surface area contributed by atoms with Crippen LogP contribution in [0.1, 0.15) is 23.5 Å². The Balaban J connectivity index is 2.74. The van der Waals surface area contributed by atoms with E-state index in [2.05, 4.69) is 15.9 Å².